The Labute approximate surface area is 130 Å². The van der Waals surface area contributed by atoms with Gasteiger partial charge in [-0.3, -0.25) is 4.79 Å². The highest BCUT2D eigenvalue weighted by Crippen LogP contribution is 2.35. The standard InChI is InChI=1S/C17H24N2OS/c1-5-12(6-2)11(4)19-17(20)16-14(18)13-9-7-8-10(3)15(13)21-16/h7-9,11-12H,5-6,18H2,1-4H3,(H,19,20). The number of nitrogens with one attached hydrogen (secondary N) is 1. The van der Waals surface area contributed by atoms with Crippen LogP contribution >= 0.6 is 11.3 Å². The van der Waals surface area contributed by atoms with Crippen molar-refractivity contribution in [3.63, 3.8) is 0 Å². The van der Waals surface area contributed by atoms with E-state index in [1.54, 1.807) is 0 Å². The first-order valence-corrected chi connectivity index (χ1v) is 8.39. The number of anilines is 1. The fraction of sp³-hybridized carbons (Fsp3) is 0.471. The Morgan fingerprint density at radius 2 is 2.00 bits per heavy atom. The molecule has 0 bridgehead atoms. The average molecular weight is 304 g/mol. The number of rotatable bonds is 5. The summed E-state index contributed by atoms with van der Waals surface area (Å²) in [6.45, 7) is 8.44. The molecule has 1 unspecified atom stereocenters. The van der Waals surface area contributed by atoms with Crippen LogP contribution in [0.1, 0.15) is 48.8 Å². The Bertz CT molecular complexity index is 644. The molecule has 0 saturated heterocycles. The van der Waals surface area contributed by atoms with Gasteiger partial charge >= 0.3 is 0 Å². The van der Waals surface area contributed by atoms with Gasteiger partial charge in [0.05, 0.1) is 5.69 Å². The van der Waals surface area contributed by atoms with Crippen molar-refractivity contribution in [2.24, 2.45) is 5.92 Å². The van der Waals surface area contributed by atoms with Crippen LogP contribution in [-0.4, -0.2) is 11.9 Å². The molecule has 3 nitrogen and oxygen atoms in total. The van der Waals surface area contributed by atoms with Crippen LogP contribution in [0, 0.1) is 12.8 Å². The van der Waals surface area contributed by atoms with Crippen LogP contribution in [0.5, 0.6) is 0 Å². The van der Waals surface area contributed by atoms with Gasteiger partial charge in [-0.05, 0) is 25.3 Å². The van der Waals surface area contributed by atoms with Gasteiger partial charge in [-0.2, -0.15) is 0 Å². The van der Waals surface area contributed by atoms with Gasteiger partial charge in [0.1, 0.15) is 4.88 Å². The van der Waals surface area contributed by atoms with Crippen molar-refractivity contribution < 1.29 is 4.79 Å². The van der Waals surface area contributed by atoms with E-state index in [0.717, 1.165) is 28.5 Å². The predicted octanol–water partition coefficient (Wildman–Crippen LogP) is 4.35. The molecule has 0 radical (unpaired) electrons. The summed E-state index contributed by atoms with van der Waals surface area (Å²) >= 11 is 1.49. The molecule has 21 heavy (non-hydrogen) atoms. The lowest BCUT2D eigenvalue weighted by Gasteiger charge is -2.22. The summed E-state index contributed by atoms with van der Waals surface area (Å²) in [5.74, 6) is 0.457. The first-order valence-electron chi connectivity index (χ1n) is 7.58. The molecule has 0 spiro atoms. The summed E-state index contributed by atoms with van der Waals surface area (Å²) < 4.78 is 1.11. The first-order chi connectivity index (χ1) is 9.99. The fourth-order valence-electron chi connectivity index (χ4n) is 2.83. The Morgan fingerprint density at radius 3 is 2.57 bits per heavy atom. The van der Waals surface area contributed by atoms with Crippen molar-refractivity contribution in [1.29, 1.82) is 0 Å². The van der Waals surface area contributed by atoms with E-state index in [2.05, 4.69) is 26.1 Å². The molecule has 0 fully saturated rings. The lowest BCUT2D eigenvalue weighted by atomic mass is 9.95. The molecule has 1 amide bonds. The average Bonchev–Trinajstić information content (AvgIpc) is 2.79. The maximum absolute atomic E-state index is 12.5. The second kappa shape index (κ2) is 6.48. The van der Waals surface area contributed by atoms with Gasteiger partial charge in [0.15, 0.2) is 0 Å². The second-order valence-corrected chi connectivity index (χ2v) is 6.66. The van der Waals surface area contributed by atoms with E-state index >= 15 is 0 Å². The summed E-state index contributed by atoms with van der Waals surface area (Å²) in [4.78, 5) is 13.1. The molecular formula is C17H24N2OS. The molecule has 0 saturated carbocycles. The van der Waals surface area contributed by atoms with Gasteiger partial charge in [0.25, 0.3) is 5.91 Å². The van der Waals surface area contributed by atoms with Gasteiger partial charge in [0, 0.05) is 16.1 Å². The van der Waals surface area contributed by atoms with Crippen molar-refractivity contribution >= 4 is 33.0 Å². The number of thiophene rings is 1. The highest BCUT2D eigenvalue weighted by atomic mass is 32.1. The summed E-state index contributed by atoms with van der Waals surface area (Å²) in [5.41, 5.74) is 7.94. The minimum absolute atomic E-state index is 0.0486. The third-order valence-corrected chi connectivity index (χ3v) is 5.63. The number of fused-ring (bicyclic) bond motifs is 1. The minimum Gasteiger partial charge on any atom is -0.397 e. The first kappa shape index (κ1) is 15.8. The van der Waals surface area contributed by atoms with E-state index < -0.39 is 0 Å². The fourth-order valence-corrected chi connectivity index (χ4v) is 3.93. The van der Waals surface area contributed by atoms with Crippen LogP contribution in [0.4, 0.5) is 5.69 Å². The van der Waals surface area contributed by atoms with Gasteiger partial charge in [-0.15, -0.1) is 11.3 Å². The van der Waals surface area contributed by atoms with Gasteiger partial charge in [-0.25, -0.2) is 0 Å². The largest absolute Gasteiger partial charge is 0.397 e. The summed E-state index contributed by atoms with van der Waals surface area (Å²) in [5, 5.41) is 4.10. The molecule has 1 atom stereocenters. The van der Waals surface area contributed by atoms with Gasteiger partial charge in [-0.1, -0.05) is 44.9 Å². The van der Waals surface area contributed by atoms with E-state index in [4.69, 9.17) is 5.73 Å². The number of nitrogen functional groups attached to an aromatic ring is 1. The van der Waals surface area contributed by atoms with Gasteiger partial charge in [0.2, 0.25) is 0 Å². The normalized spacial score (nSPS) is 12.8. The summed E-state index contributed by atoms with van der Waals surface area (Å²) in [6.07, 6.45) is 2.14. The topological polar surface area (TPSA) is 55.1 Å². The molecule has 4 heteroatoms. The van der Waals surface area contributed by atoms with Crippen LogP contribution < -0.4 is 11.1 Å². The number of aryl methyl sites for hydroxylation is 1. The van der Waals surface area contributed by atoms with Crippen LogP contribution in [0.15, 0.2) is 18.2 Å². The van der Waals surface area contributed by atoms with Gasteiger partial charge < -0.3 is 11.1 Å². The van der Waals surface area contributed by atoms with Crippen LogP contribution in [0.3, 0.4) is 0 Å². The number of amides is 1. The van der Waals surface area contributed by atoms with Crippen LogP contribution in [-0.2, 0) is 0 Å². The Hall–Kier alpha value is -1.55. The summed E-state index contributed by atoms with van der Waals surface area (Å²) in [7, 11) is 0. The second-order valence-electron chi connectivity index (χ2n) is 5.64. The van der Waals surface area contributed by atoms with E-state index in [0.29, 0.717) is 16.5 Å². The van der Waals surface area contributed by atoms with Crippen molar-refractivity contribution in [3.8, 4) is 0 Å². The molecule has 114 valence electrons. The molecule has 0 aliphatic heterocycles. The molecule has 1 aromatic carbocycles. The van der Waals surface area contributed by atoms with Crippen molar-refractivity contribution in [2.75, 3.05) is 5.73 Å². The number of hydrogen-bond acceptors (Lipinski definition) is 3. The van der Waals surface area contributed by atoms with Crippen molar-refractivity contribution in [2.45, 2.75) is 46.6 Å². The number of carbonyl (C=O) groups is 1. The zero-order chi connectivity index (χ0) is 15.6. The molecule has 0 aliphatic rings. The maximum atomic E-state index is 12.5. The lowest BCUT2D eigenvalue weighted by Crippen LogP contribution is -2.37. The third-order valence-electron chi connectivity index (χ3n) is 4.27. The highest BCUT2D eigenvalue weighted by Gasteiger charge is 2.21. The van der Waals surface area contributed by atoms with E-state index in [9.17, 15) is 4.79 Å². The monoisotopic (exact) mass is 304 g/mol. The maximum Gasteiger partial charge on any atom is 0.263 e. The number of carbonyl (C=O) groups excluding carboxylic acids is 1. The molecular weight excluding hydrogens is 280 g/mol. The minimum atomic E-state index is -0.0486. The molecule has 1 aromatic heterocycles. The van der Waals surface area contributed by atoms with Crippen molar-refractivity contribution in [3.05, 3.63) is 28.6 Å². The van der Waals surface area contributed by atoms with Crippen LogP contribution in [0.2, 0.25) is 0 Å². The quantitative estimate of drug-likeness (QED) is 0.863. The van der Waals surface area contributed by atoms with E-state index in [1.807, 2.05) is 25.1 Å². The smallest absolute Gasteiger partial charge is 0.263 e. The molecule has 3 N–H and O–H groups in total. The Kier molecular flexibility index (Phi) is 4.88. The molecule has 2 aromatic rings. The third kappa shape index (κ3) is 3.05. The van der Waals surface area contributed by atoms with E-state index in [-0.39, 0.29) is 11.9 Å². The molecule has 2 rings (SSSR count). The number of benzene rings is 1. The predicted molar refractivity (Wildman–Crippen MR) is 92.0 cm³/mol. The zero-order valence-corrected chi connectivity index (χ0v) is 14.0. The Morgan fingerprint density at radius 1 is 1.33 bits per heavy atom. The lowest BCUT2D eigenvalue weighted by molar-refractivity contribution is 0.0930. The number of nitrogens with two attached hydrogens (primary N) is 1. The van der Waals surface area contributed by atoms with Crippen LogP contribution in [0.25, 0.3) is 10.1 Å². The SMILES string of the molecule is CCC(CC)C(C)NC(=O)c1sc2c(C)cccc2c1N. The highest BCUT2D eigenvalue weighted by molar-refractivity contribution is 7.21. The van der Waals surface area contributed by atoms with Crippen molar-refractivity contribution in [1.82, 2.24) is 5.32 Å². The number of hydrogen-bond donors (Lipinski definition) is 2. The van der Waals surface area contributed by atoms with E-state index in [1.165, 1.54) is 11.3 Å². The molecule has 1 heterocycles. The molecule has 0 aliphatic carbocycles. The Balaban J connectivity index is 2.28. The zero-order valence-electron chi connectivity index (χ0n) is 13.2. The summed E-state index contributed by atoms with van der Waals surface area (Å²) in [6, 6.07) is 6.18.